The molecule has 0 fully saturated rings. The third-order valence-electron chi connectivity index (χ3n) is 3.20. The normalized spacial score (nSPS) is 11.2. The standard InChI is InChI=1S/C18H16N2O4S2/c1-26(23)16-9-5-2-6-13(16)18(22)24-12-17(21)20-14-7-3-4-8-15(14)25-11-10-19/h2-9H,11-12H2,1H3,(H,20,21)/t26-/m0/s1. The first-order valence-electron chi connectivity index (χ1n) is 7.51. The summed E-state index contributed by atoms with van der Waals surface area (Å²) in [5, 5.41) is 11.3. The van der Waals surface area contributed by atoms with Gasteiger partial charge in [0.05, 0.1) is 38.8 Å². The van der Waals surface area contributed by atoms with Crippen molar-refractivity contribution in [3.63, 3.8) is 0 Å². The van der Waals surface area contributed by atoms with Gasteiger partial charge in [-0.25, -0.2) is 4.79 Å². The third kappa shape index (κ3) is 5.44. The number of ether oxygens (including phenoxy) is 1. The summed E-state index contributed by atoms with van der Waals surface area (Å²) >= 11 is 1.30. The first-order valence-corrected chi connectivity index (χ1v) is 10.1. The number of carbonyl (C=O) groups excluding carboxylic acids is 2. The van der Waals surface area contributed by atoms with Crippen molar-refractivity contribution in [3.8, 4) is 6.07 Å². The van der Waals surface area contributed by atoms with E-state index in [1.54, 1.807) is 42.5 Å². The highest BCUT2D eigenvalue weighted by Crippen LogP contribution is 2.26. The van der Waals surface area contributed by atoms with Crippen LogP contribution in [0.3, 0.4) is 0 Å². The summed E-state index contributed by atoms with van der Waals surface area (Å²) < 4.78 is 16.7. The van der Waals surface area contributed by atoms with Crippen LogP contribution in [0, 0.1) is 11.3 Å². The molecule has 8 heteroatoms. The Morgan fingerprint density at radius 3 is 2.62 bits per heavy atom. The zero-order valence-corrected chi connectivity index (χ0v) is 15.6. The molecule has 0 aliphatic carbocycles. The Labute approximate surface area is 158 Å². The Bertz CT molecular complexity index is 877. The van der Waals surface area contributed by atoms with Crippen LogP contribution in [-0.4, -0.2) is 34.7 Å². The lowest BCUT2D eigenvalue weighted by atomic mass is 10.2. The van der Waals surface area contributed by atoms with Gasteiger partial charge in [-0.15, -0.1) is 11.8 Å². The van der Waals surface area contributed by atoms with Crippen LogP contribution in [0.25, 0.3) is 0 Å². The Balaban J connectivity index is 1.99. The van der Waals surface area contributed by atoms with Crippen molar-refractivity contribution in [2.45, 2.75) is 9.79 Å². The number of hydrogen-bond donors (Lipinski definition) is 1. The molecule has 26 heavy (non-hydrogen) atoms. The molecular formula is C18H16N2O4S2. The number of para-hydroxylation sites is 1. The third-order valence-corrected chi connectivity index (χ3v) is 5.12. The van der Waals surface area contributed by atoms with Gasteiger partial charge in [-0.1, -0.05) is 24.3 Å². The molecule has 0 bridgehead atoms. The molecule has 0 saturated carbocycles. The number of anilines is 1. The van der Waals surface area contributed by atoms with E-state index in [0.717, 1.165) is 4.90 Å². The molecule has 2 rings (SSSR count). The number of nitriles is 1. The molecule has 0 unspecified atom stereocenters. The first kappa shape index (κ1) is 19.7. The number of nitrogens with zero attached hydrogens (tertiary/aromatic N) is 1. The maximum atomic E-state index is 12.2. The average Bonchev–Trinajstić information content (AvgIpc) is 2.65. The summed E-state index contributed by atoms with van der Waals surface area (Å²) in [6.07, 6.45) is 1.47. The molecule has 2 aromatic carbocycles. The predicted molar refractivity (Wildman–Crippen MR) is 100 cm³/mol. The molecule has 2 aromatic rings. The van der Waals surface area contributed by atoms with Gasteiger partial charge in [0.15, 0.2) is 6.61 Å². The van der Waals surface area contributed by atoms with Crippen molar-refractivity contribution in [1.29, 1.82) is 5.26 Å². The lowest BCUT2D eigenvalue weighted by Crippen LogP contribution is -2.21. The summed E-state index contributed by atoms with van der Waals surface area (Å²) in [5.41, 5.74) is 0.718. The van der Waals surface area contributed by atoms with E-state index in [-0.39, 0.29) is 11.3 Å². The van der Waals surface area contributed by atoms with E-state index in [1.807, 2.05) is 6.07 Å². The fourth-order valence-corrected chi connectivity index (χ4v) is 3.49. The highest BCUT2D eigenvalue weighted by molar-refractivity contribution is 7.99. The minimum absolute atomic E-state index is 0.172. The van der Waals surface area contributed by atoms with Gasteiger partial charge in [-0.05, 0) is 24.3 Å². The molecule has 1 N–H and O–H groups in total. The van der Waals surface area contributed by atoms with Gasteiger partial charge in [0.1, 0.15) is 0 Å². The second-order valence-electron chi connectivity index (χ2n) is 5.02. The van der Waals surface area contributed by atoms with Gasteiger partial charge in [0.25, 0.3) is 5.91 Å². The second kappa shape index (κ2) is 9.75. The van der Waals surface area contributed by atoms with Gasteiger partial charge in [0.2, 0.25) is 0 Å². The Kier molecular flexibility index (Phi) is 7.38. The summed E-state index contributed by atoms with van der Waals surface area (Å²) in [6, 6.07) is 15.5. The fraction of sp³-hybridized carbons (Fsp3) is 0.167. The van der Waals surface area contributed by atoms with Crippen molar-refractivity contribution in [2.75, 3.05) is 23.9 Å². The fourth-order valence-electron chi connectivity index (χ4n) is 2.09. The quantitative estimate of drug-likeness (QED) is 0.579. The largest absolute Gasteiger partial charge is 0.452 e. The predicted octanol–water partition coefficient (Wildman–Crippen LogP) is 2.84. The summed E-state index contributed by atoms with van der Waals surface area (Å²) in [6.45, 7) is -0.471. The van der Waals surface area contributed by atoms with Crippen LogP contribution in [0.4, 0.5) is 5.69 Å². The summed E-state index contributed by atoms with van der Waals surface area (Å²) in [4.78, 5) is 25.3. The number of benzene rings is 2. The molecule has 0 saturated heterocycles. The number of thioether (sulfide) groups is 1. The molecule has 0 radical (unpaired) electrons. The first-order chi connectivity index (χ1) is 12.5. The minimum atomic E-state index is -1.34. The molecule has 134 valence electrons. The molecule has 0 aliphatic heterocycles. The molecule has 0 aromatic heterocycles. The van der Waals surface area contributed by atoms with E-state index < -0.39 is 29.3 Å². The van der Waals surface area contributed by atoms with Gasteiger partial charge in [-0.2, -0.15) is 5.26 Å². The monoisotopic (exact) mass is 388 g/mol. The molecule has 6 nitrogen and oxygen atoms in total. The van der Waals surface area contributed by atoms with Crippen molar-refractivity contribution in [3.05, 3.63) is 54.1 Å². The van der Waals surface area contributed by atoms with E-state index in [9.17, 15) is 13.8 Å². The van der Waals surface area contributed by atoms with Crippen LogP contribution in [-0.2, 0) is 20.3 Å². The Hall–Kier alpha value is -2.63. The molecule has 1 amide bonds. The molecular weight excluding hydrogens is 372 g/mol. The number of nitrogens with one attached hydrogen (secondary N) is 1. The lowest BCUT2D eigenvalue weighted by Gasteiger charge is -2.11. The zero-order chi connectivity index (χ0) is 18.9. The molecule has 1 atom stereocenters. The lowest BCUT2D eigenvalue weighted by molar-refractivity contribution is -0.119. The van der Waals surface area contributed by atoms with Crippen molar-refractivity contribution >= 4 is 40.1 Å². The number of rotatable bonds is 7. The van der Waals surface area contributed by atoms with Crippen molar-refractivity contribution in [2.24, 2.45) is 0 Å². The van der Waals surface area contributed by atoms with E-state index in [1.165, 1.54) is 24.1 Å². The summed E-state index contributed by atoms with van der Waals surface area (Å²) in [5.74, 6) is -0.955. The zero-order valence-electron chi connectivity index (χ0n) is 13.9. The van der Waals surface area contributed by atoms with Crippen LogP contribution >= 0.6 is 11.8 Å². The number of esters is 1. The van der Waals surface area contributed by atoms with Gasteiger partial charge in [-0.3, -0.25) is 9.00 Å². The van der Waals surface area contributed by atoms with Crippen LogP contribution in [0.5, 0.6) is 0 Å². The minimum Gasteiger partial charge on any atom is -0.452 e. The Morgan fingerprint density at radius 1 is 1.19 bits per heavy atom. The van der Waals surface area contributed by atoms with Gasteiger partial charge >= 0.3 is 5.97 Å². The topological polar surface area (TPSA) is 96.3 Å². The highest BCUT2D eigenvalue weighted by Gasteiger charge is 2.16. The maximum absolute atomic E-state index is 12.2. The van der Waals surface area contributed by atoms with Crippen LogP contribution < -0.4 is 5.32 Å². The molecule has 0 heterocycles. The van der Waals surface area contributed by atoms with Crippen LogP contribution in [0.2, 0.25) is 0 Å². The second-order valence-corrected chi connectivity index (χ2v) is 7.38. The SMILES string of the molecule is C[S@](=O)c1ccccc1C(=O)OCC(=O)Nc1ccccc1SCC#N. The van der Waals surface area contributed by atoms with Crippen LogP contribution in [0.1, 0.15) is 10.4 Å². The number of amides is 1. The number of carbonyl (C=O) groups is 2. The maximum Gasteiger partial charge on any atom is 0.339 e. The van der Waals surface area contributed by atoms with Gasteiger partial charge in [0, 0.05) is 11.2 Å². The van der Waals surface area contributed by atoms with E-state index >= 15 is 0 Å². The van der Waals surface area contributed by atoms with E-state index in [0.29, 0.717) is 10.6 Å². The van der Waals surface area contributed by atoms with Crippen molar-refractivity contribution < 1.29 is 18.5 Å². The molecule has 0 spiro atoms. The summed E-state index contributed by atoms with van der Waals surface area (Å²) in [7, 11) is -1.34. The van der Waals surface area contributed by atoms with Crippen molar-refractivity contribution in [1.82, 2.24) is 0 Å². The van der Waals surface area contributed by atoms with E-state index in [2.05, 4.69) is 5.32 Å². The number of hydrogen-bond acceptors (Lipinski definition) is 6. The van der Waals surface area contributed by atoms with E-state index in [4.69, 9.17) is 10.00 Å². The molecule has 0 aliphatic rings. The average molecular weight is 388 g/mol. The Morgan fingerprint density at radius 2 is 1.88 bits per heavy atom. The van der Waals surface area contributed by atoms with Gasteiger partial charge < -0.3 is 10.1 Å². The smallest absolute Gasteiger partial charge is 0.339 e. The van der Waals surface area contributed by atoms with Crippen LogP contribution in [0.15, 0.2) is 58.3 Å². The highest BCUT2D eigenvalue weighted by atomic mass is 32.2.